The Morgan fingerprint density at radius 1 is 1.20 bits per heavy atom. The maximum absolute atomic E-state index is 12.9. The van der Waals surface area contributed by atoms with Crippen molar-refractivity contribution in [2.45, 2.75) is 25.8 Å². The van der Waals surface area contributed by atoms with Crippen LogP contribution in [0, 0.1) is 5.92 Å². The Kier molecular flexibility index (Phi) is 5.80. The summed E-state index contributed by atoms with van der Waals surface area (Å²) in [5, 5.41) is 3.22. The molecule has 2 aromatic rings. The van der Waals surface area contributed by atoms with Gasteiger partial charge in [-0.25, -0.2) is 22.7 Å². The number of nitrogens with one attached hydrogen (secondary N) is 1. The van der Waals surface area contributed by atoms with E-state index in [-0.39, 0.29) is 23.4 Å². The van der Waals surface area contributed by atoms with E-state index in [2.05, 4.69) is 20.3 Å². The molecule has 0 saturated carbocycles. The van der Waals surface area contributed by atoms with Crippen LogP contribution in [0.4, 0.5) is 5.13 Å². The summed E-state index contributed by atoms with van der Waals surface area (Å²) in [5.74, 6) is -0.472. The Morgan fingerprint density at radius 2 is 1.97 bits per heavy atom. The third-order valence-corrected chi connectivity index (χ3v) is 7.63. The molecule has 0 radical (unpaired) electrons. The second-order valence-electron chi connectivity index (χ2n) is 7.38. The number of thiazole rings is 1. The lowest BCUT2D eigenvalue weighted by atomic mass is 9.96. The van der Waals surface area contributed by atoms with Crippen molar-refractivity contribution in [2.75, 3.05) is 31.2 Å². The Labute approximate surface area is 178 Å². The van der Waals surface area contributed by atoms with E-state index in [9.17, 15) is 18.0 Å². The van der Waals surface area contributed by atoms with E-state index in [1.54, 1.807) is 0 Å². The first-order valence-electron chi connectivity index (χ1n) is 9.61. The van der Waals surface area contributed by atoms with Gasteiger partial charge < -0.3 is 4.90 Å². The van der Waals surface area contributed by atoms with Crippen LogP contribution < -0.4 is 5.32 Å². The summed E-state index contributed by atoms with van der Waals surface area (Å²) in [7, 11) is -3.21. The average molecular weight is 451 g/mol. The van der Waals surface area contributed by atoms with Crippen molar-refractivity contribution in [3.05, 3.63) is 34.9 Å². The van der Waals surface area contributed by atoms with Crippen LogP contribution in [0.25, 0.3) is 0 Å². The maximum Gasteiger partial charge on any atom is 0.277 e. The SMILES string of the molecule is CS(=O)(=O)N1CCC(C(=O)N2CCc3nc(NC(=O)c4cnccn4)sc3C2)CC1. The third-order valence-electron chi connectivity index (χ3n) is 5.33. The van der Waals surface area contributed by atoms with Crippen molar-refractivity contribution in [1.29, 1.82) is 0 Å². The van der Waals surface area contributed by atoms with Crippen LogP contribution in [0.15, 0.2) is 18.6 Å². The maximum atomic E-state index is 12.9. The van der Waals surface area contributed by atoms with E-state index in [1.165, 1.54) is 40.5 Å². The highest BCUT2D eigenvalue weighted by molar-refractivity contribution is 7.88. The van der Waals surface area contributed by atoms with E-state index in [1.807, 2.05) is 4.90 Å². The molecular weight excluding hydrogens is 428 g/mol. The summed E-state index contributed by atoms with van der Waals surface area (Å²) in [6.45, 7) is 1.79. The molecule has 1 fully saturated rings. The fourth-order valence-corrected chi connectivity index (χ4v) is 5.60. The molecule has 0 spiro atoms. The highest BCUT2D eigenvalue weighted by Gasteiger charge is 2.33. The van der Waals surface area contributed by atoms with E-state index in [0.717, 1.165) is 10.6 Å². The molecule has 0 atom stereocenters. The second-order valence-corrected chi connectivity index (χ2v) is 10.4. The van der Waals surface area contributed by atoms with E-state index < -0.39 is 10.0 Å². The van der Waals surface area contributed by atoms with Crippen LogP contribution >= 0.6 is 11.3 Å². The van der Waals surface area contributed by atoms with Gasteiger partial charge in [0.1, 0.15) is 5.69 Å². The fourth-order valence-electron chi connectivity index (χ4n) is 3.71. The normalized spacial score (nSPS) is 18.1. The van der Waals surface area contributed by atoms with Crippen molar-refractivity contribution in [1.82, 2.24) is 24.2 Å². The summed E-state index contributed by atoms with van der Waals surface area (Å²) < 4.78 is 24.7. The first kappa shape index (κ1) is 20.8. The molecule has 0 aromatic carbocycles. The number of carbonyl (C=O) groups excluding carboxylic acids is 2. The number of carbonyl (C=O) groups is 2. The van der Waals surface area contributed by atoms with Gasteiger partial charge in [0, 0.05) is 49.2 Å². The van der Waals surface area contributed by atoms with Crippen LogP contribution in [0.5, 0.6) is 0 Å². The van der Waals surface area contributed by atoms with Gasteiger partial charge in [-0.1, -0.05) is 11.3 Å². The van der Waals surface area contributed by atoms with Crippen LogP contribution in [0.1, 0.15) is 33.9 Å². The van der Waals surface area contributed by atoms with Gasteiger partial charge in [-0.05, 0) is 12.8 Å². The number of hydrogen-bond acceptors (Lipinski definition) is 8. The molecule has 1 saturated heterocycles. The van der Waals surface area contributed by atoms with E-state index in [4.69, 9.17) is 0 Å². The summed E-state index contributed by atoms with van der Waals surface area (Å²) in [4.78, 5) is 40.3. The minimum atomic E-state index is -3.21. The standard InChI is InChI=1S/C18H22N6O4S2/c1-30(27,28)24-8-2-12(3-9-24)17(26)23-7-4-13-15(11-23)29-18(21-13)22-16(25)14-10-19-5-6-20-14/h5-6,10,12H,2-4,7-9,11H2,1H3,(H,21,22,25). The van der Waals surface area contributed by atoms with E-state index in [0.29, 0.717) is 50.6 Å². The lowest BCUT2D eigenvalue weighted by molar-refractivity contribution is -0.137. The highest BCUT2D eigenvalue weighted by atomic mass is 32.2. The molecule has 2 aliphatic heterocycles. The van der Waals surface area contributed by atoms with Gasteiger partial charge >= 0.3 is 0 Å². The lowest BCUT2D eigenvalue weighted by Crippen LogP contribution is -2.45. The van der Waals surface area contributed by atoms with Crippen LogP contribution in [-0.2, 0) is 27.8 Å². The monoisotopic (exact) mass is 450 g/mol. The number of hydrogen-bond donors (Lipinski definition) is 1. The topological polar surface area (TPSA) is 125 Å². The Bertz CT molecular complexity index is 1050. The second kappa shape index (κ2) is 8.36. The molecule has 2 aromatic heterocycles. The van der Waals surface area contributed by atoms with Gasteiger partial charge in [-0.2, -0.15) is 0 Å². The summed E-state index contributed by atoms with van der Waals surface area (Å²) in [6, 6.07) is 0. The van der Waals surface area contributed by atoms with Crippen molar-refractivity contribution in [3.8, 4) is 0 Å². The Morgan fingerprint density at radius 3 is 2.63 bits per heavy atom. The predicted molar refractivity (Wildman–Crippen MR) is 110 cm³/mol. The predicted octanol–water partition coefficient (Wildman–Crippen LogP) is 0.742. The van der Waals surface area contributed by atoms with Crippen molar-refractivity contribution >= 4 is 38.3 Å². The van der Waals surface area contributed by atoms with Gasteiger partial charge in [-0.15, -0.1) is 0 Å². The molecule has 0 aliphatic carbocycles. The quantitative estimate of drug-likeness (QED) is 0.728. The number of nitrogens with zero attached hydrogens (tertiary/aromatic N) is 5. The van der Waals surface area contributed by atoms with Crippen LogP contribution in [0.2, 0.25) is 0 Å². The summed E-state index contributed by atoms with van der Waals surface area (Å²) in [6.07, 6.45) is 7.24. The molecule has 0 bridgehead atoms. The smallest absolute Gasteiger partial charge is 0.277 e. The Hall–Kier alpha value is -2.44. The molecule has 1 N–H and O–H groups in total. The number of sulfonamides is 1. The van der Waals surface area contributed by atoms with Gasteiger partial charge in [0.2, 0.25) is 15.9 Å². The van der Waals surface area contributed by atoms with Crippen molar-refractivity contribution in [3.63, 3.8) is 0 Å². The van der Waals surface area contributed by atoms with Gasteiger partial charge in [0.25, 0.3) is 5.91 Å². The average Bonchev–Trinajstić information content (AvgIpc) is 3.14. The lowest BCUT2D eigenvalue weighted by Gasteiger charge is -2.34. The molecule has 160 valence electrons. The first-order chi connectivity index (χ1) is 14.3. The first-order valence-corrected chi connectivity index (χ1v) is 12.3. The molecule has 2 aliphatic rings. The van der Waals surface area contributed by atoms with Crippen LogP contribution in [-0.4, -0.2) is 70.3 Å². The minimum Gasteiger partial charge on any atom is -0.337 e. The van der Waals surface area contributed by atoms with Crippen molar-refractivity contribution < 1.29 is 18.0 Å². The zero-order valence-corrected chi connectivity index (χ0v) is 18.1. The van der Waals surface area contributed by atoms with E-state index >= 15 is 0 Å². The molecular formula is C18H22N6O4S2. The molecule has 4 heterocycles. The molecule has 2 amide bonds. The van der Waals surface area contributed by atoms with Gasteiger partial charge in [-0.3, -0.25) is 19.9 Å². The highest BCUT2D eigenvalue weighted by Crippen LogP contribution is 2.30. The van der Waals surface area contributed by atoms with Gasteiger partial charge in [0.05, 0.1) is 24.7 Å². The molecule has 10 nitrogen and oxygen atoms in total. The summed E-state index contributed by atoms with van der Waals surface area (Å²) >= 11 is 1.36. The molecule has 12 heteroatoms. The zero-order chi connectivity index (χ0) is 21.3. The van der Waals surface area contributed by atoms with Crippen molar-refractivity contribution in [2.24, 2.45) is 5.92 Å². The minimum absolute atomic E-state index is 0.0624. The van der Waals surface area contributed by atoms with Gasteiger partial charge in [0.15, 0.2) is 5.13 Å². The number of fused-ring (bicyclic) bond motifs is 1. The number of amides is 2. The fraction of sp³-hybridized carbons (Fsp3) is 0.500. The summed E-state index contributed by atoms with van der Waals surface area (Å²) in [5.41, 5.74) is 1.10. The number of rotatable bonds is 4. The third kappa shape index (κ3) is 4.50. The number of piperidine rings is 1. The molecule has 0 unspecified atom stereocenters. The molecule has 4 rings (SSSR count). The largest absolute Gasteiger partial charge is 0.337 e. The Balaban J connectivity index is 1.37. The zero-order valence-electron chi connectivity index (χ0n) is 16.4. The van der Waals surface area contributed by atoms with Crippen LogP contribution in [0.3, 0.4) is 0 Å². The number of aromatic nitrogens is 3. The number of anilines is 1. The molecule has 30 heavy (non-hydrogen) atoms.